The minimum atomic E-state index is 0.725. The highest BCUT2D eigenvalue weighted by atomic mass is 14.8. The van der Waals surface area contributed by atoms with Gasteiger partial charge >= 0.3 is 0 Å². The molecule has 24 heavy (non-hydrogen) atoms. The monoisotopic (exact) mass is 317 g/mol. The van der Waals surface area contributed by atoms with Gasteiger partial charge in [-0.2, -0.15) is 0 Å². The zero-order chi connectivity index (χ0) is 17.8. The average molecular weight is 317 g/mol. The van der Waals surface area contributed by atoms with Crippen LogP contribution in [0.25, 0.3) is 11.4 Å². The van der Waals surface area contributed by atoms with Gasteiger partial charge < -0.3 is 5.73 Å². The highest BCUT2D eigenvalue weighted by Crippen LogP contribution is 2.14. The molecule has 0 aliphatic carbocycles. The maximum Gasteiger partial charge on any atom is 0.159 e. The van der Waals surface area contributed by atoms with Gasteiger partial charge in [-0.25, -0.2) is 9.97 Å². The molecule has 0 fully saturated rings. The Balaban J connectivity index is 0.000000230. The lowest BCUT2D eigenvalue weighted by Gasteiger charge is -1.98. The Kier molecular flexibility index (Phi) is 8.34. The van der Waals surface area contributed by atoms with Gasteiger partial charge in [0.2, 0.25) is 0 Å². The normalized spacial score (nSPS) is 8.75. The number of aromatic nitrogens is 2. The Morgan fingerprint density at radius 3 is 1.92 bits per heavy atom. The maximum atomic E-state index is 5.56. The van der Waals surface area contributed by atoms with Gasteiger partial charge in [-0.05, 0) is 49.4 Å². The Morgan fingerprint density at radius 2 is 1.42 bits per heavy atom. The fourth-order valence-corrected chi connectivity index (χ4v) is 1.73. The first-order valence-corrected chi connectivity index (χ1v) is 7.85. The number of aryl methyl sites for hydroxylation is 1. The average Bonchev–Trinajstić information content (AvgIpc) is 2.66. The van der Waals surface area contributed by atoms with Crippen LogP contribution >= 0.6 is 0 Å². The van der Waals surface area contributed by atoms with E-state index >= 15 is 0 Å². The minimum absolute atomic E-state index is 0.725. The van der Waals surface area contributed by atoms with Gasteiger partial charge in [-0.3, -0.25) is 0 Å². The number of nitrogen functional groups attached to an aromatic ring is 1. The van der Waals surface area contributed by atoms with E-state index in [1.165, 1.54) is 5.56 Å². The van der Waals surface area contributed by atoms with Gasteiger partial charge in [0.15, 0.2) is 5.82 Å². The van der Waals surface area contributed by atoms with E-state index in [0.29, 0.717) is 0 Å². The number of nitrogens with two attached hydrogens (primary N) is 1. The quantitative estimate of drug-likeness (QED) is 0.521. The molecule has 0 aliphatic rings. The first kappa shape index (κ1) is 18.9. The molecule has 0 amide bonds. The molecule has 0 saturated carbocycles. The summed E-state index contributed by atoms with van der Waals surface area (Å²) in [6, 6.07) is 17.2. The topological polar surface area (TPSA) is 51.8 Å². The van der Waals surface area contributed by atoms with Crippen molar-refractivity contribution in [3.8, 4) is 23.7 Å². The molecule has 2 N–H and O–H groups in total. The van der Waals surface area contributed by atoms with Crippen LogP contribution in [0.15, 0.2) is 67.0 Å². The number of benzene rings is 2. The standard InChI is InChI=1S/C10H9N3.C9H8.C2H6/c11-9-4-2-8(3-5-9)10-12-6-1-7-13-10;1-3-9-6-4-8(2)5-7-9;1-2/h1-7H,11H2;1,4-7H,2H3;1-2H3. The van der Waals surface area contributed by atoms with Crippen molar-refractivity contribution in [2.24, 2.45) is 0 Å². The van der Waals surface area contributed by atoms with Gasteiger partial charge in [-0.1, -0.05) is 37.5 Å². The molecule has 1 aromatic heterocycles. The number of anilines is 1. The number of rotatable bonds is 1. The van der Waals surface area contributed by atoms with Crippen LogP contribution in [-0.2, 0) is 0 Å². The Labute approximate surface area is 144 Å². The van der Waals surface area contributed by atoms with Gasteiger partial charge in [0.1, 0.15) is 0 Å². The fraction of sp³-hybridized carbons (Fsp3) is 0.143. The zero-order valence-corrected chi connectivity index (χ0v) is 14.4. The third-order valence-corrected chi connectivity index (χ3v) is 2.95. The van der Waals surface area contributed by atoms with Gasteiger partial charge in [0, 0.05) is 29.2 Å². The summed E-state index contributed by atoms with van der Waals surface area (Å²) in [5.41, 5.74) is 9.48. The molecular formula is C21H23N3. The van der Waals surface area contributed by atoms with Crippen LogP contribution in [0.5, 0.6) is 0 Å². The number of hydrogen-bond acceptors (Lipinski definition) is 3. The van der Waals surface area contributed by atoms with Crippen LogP contribution in [0.4, 0.5) is 5.69 Å². The molecule has 0 aliphatic heterocycles. The Morgan fingerprint density at radius 1 is 0.875 bits per heavy atom. The Bertz CT molecular complexity index is 740. The van der Waals surface area contributed by atoms with Crippen molar-refractivity contribution in [2.45, 2.75) is 20.8 Å². The summed E-state index contributed by atoms with van der Waals surface area (Å²) >= 11 is 0. The molecule has 0 radical (unpaired) electrons. The van der Waals surface area contributed by atoms with Gasteiger partial charge in [-0.15, -0.1) is 6.42 Å². The van der Waals surface area contributed by atoms with Crippen LogP contribution in [0.3, 0.4) is 0 Å². The number of terminal acetylenes is 1. The highest BCUT2D eigenvalue weighted by molar-refractivity contribution is 5.58. The van der Waals surface area contributed by atoms with E-state index in [9.17, 15) is 0 Å². The lowest BCUT2D eigenvalue weighted by Crippen LogP contribution is -1.88. The Hall–Kier alpha value is -3.12. The molecule has 3 rings (SSSR count). The lowest BCUT2D eigenvalue weighted by atomic mass is 10.2. The lowest BCUT2D eigenvalue weighted by molar-refractivity contribution is 1.18. The summed E-state index contributed by atoms with van der Waals surface area (Å²) in [5, 5.41) is 0. The molecule has 0 bridgehead atoms. The van der Waals surface area contributed by atoms with Crippen LogP contribution < -0.4 is 5.73 Å². The summed E-state index contributed by atoms with van der Waals surface area (Å²) in [6.45, 7) is 6.04. The van der Waals surface area contributed by atoms with Crippen LogP contribution in [0.1, 0.15) is 25.0 Å². The summed E-state index contributed by atoms with van der Waals surface area (Å²) in [4.78, 5) is 8.25. The van der Waals surface area contributed by atoms with Crippen molar-refractivity contribution in [1.82, 2.24) is 9.97 Å². The van der Waals surface area contributed by atoms with E-state index in [-0.39, 0.29) is 0 Å². The molecule has 3 aromatic rings. The van der Waals surface area contributed by atoms with E-state index in [2.05, 4.69) is 15.9 Å². The van der Waals surface area contributed by atoms with Crippen LogP contribution in [-0.4, -0.2) is 9.97 Å². The van der Waals surface area contributed by atoms with Gasteiger partial charge in [0.25, 0.3) is 0 Å². The van der Waals surface area contributed by atoms with E-state index in [1.54, 1.807) is 18.5 Å². The van der Waals surface area contributed by atoms with Crippen molar-refractivity contribution in [3.05, 3.63) is 78.1 Å². The van der Waals surface area contributed by atoms with Crippen LogP contribution in [0.2, 0.25) is 0 Å². The molecule has 0 unspecified atom stereocenters. The second-order valence-electron chi connectivity index (χ2n) is 4.70. The molecule has 2 aromatic carbocycles. The van der Waals surface area contributed by atoms with Crippen molar-refractivity contribution in [1.29, 1.82) is 0 Å². The largest absolute Gasteiger partial charge is 0.399 e. The highest BCUT2D eigenvalue weighted by Gasteiger charge is 1.97. The third-order valence-electron chi connectivity index (χ3n) is 2.95. The van der Waals surface area contributed by atoms with E-state index < -0.39 is 0 Å². The molecule has 122 valence electrons. The molecule has 0 atom stereocenters. The second kappa shape index (κ2) is 10.6. The molecule has 1 heterocycles. The van der Waals surface area contributed by atoms with E-state index in [0.717, 1.165) is 22.6 Å². The predicted octanol–water partition coefficient (Wildman–Crippen LogP) is 4.73. The van der Waals surface area contributed by atoms with Gasteiger partial charge in [0.05, 0.1) is 0 Å². The van der Waals surface area contributed by atoms with Crippen LogP contribution in [0, 0.1) is 19.3 Å². The second-order valence-corrected chi connectivity index (χ2v) is 4.70. The number of hydrogen-bond donors (Lipinski definition) is 1. The predicted molar refractivity (Wildman–Crippen MR) is 102 cm³/mol. The molecule has 3 heteroatoms. The van der Waals surface area contributed by atoms with E-state index in [4.69, 9.17) is 12.2 Å². The van der Waals surface area contributed by atoms with Crippen molar-refractivity contribution in [2.75, 3.05) is 5.73 Å². The summed E-state index contributed by atoms with van der Waals surface area (Å²) in [6.07, 6.45) is 8.59. The fourth-order valence-electron chi connectivity index (χ4n) is 1.73. The summed E-state index contributed by atoms with van der Waals surface area (Å²) in [5.74, 6) is 3.28. The number of nitrogens with zero attached hydrogens (tertiary/aromatic N) is 2. The molecule has 3 nitrogen and oxygen atoms in total. The molecule has 0 saturated heterocycles. The van der Waals surface area contributed by atoms with Crippen molar-refractivity contribution < 1.29 is 0 Å². The third kappa shape index (κ3) is 6.33. The van der Waals surface area contributed by atoms with Crippen molar-refractivity contribution >= 4 is 5.69 Å². The maximum absolute atomic E-state index is 5.56. The first-order valence-electron chi connectivity index (χ1n) is 7.85. The summed E-state index contributed by atoms with van der Waals surface area (Å²) < 4.78 is 0. The summed E-state index contributed by atoms with van der Waals surface area (Å²) in [7, 11) is 0. The molecule has 0 spiro atoms. The van der Waals surface area contributed by atoms with E-state index in [1.807, 2.05) is 69.3 Å². The first-order chi connectivity index (χ1) is 11.7. The zero-order valence-electron chi connectivity index (χ0n) is 14.4. The minimum Gasteiger partial charge on any atom is -0.399 e. The van der Waals surface area contributed by atoms with Crippen molar-refractivity contribution in [3.63, 3.8) is 0 Å². The SMILES string of the molecule is C#Cc1ccc(C)cc1.CC.Nc1ccc(-c2ncccn2)cc1. The smallest absolute Gasteiger partial charge is 0.159 e. The molecular weight excluding hydrogens is 294 g/mol.